The Morgan fingerprint density at radius 1 is 1.13 bits per heavy atom. The molecule has 0 aromatic rings. The van der Waals surface area contributed by atoms with E-state index >= 15 is 0 Å². The Balaban J connectivity index is 2.97. The van der Waals surface area contributed by atoms with Gasteiger partial charge in [-0.3, -0.25) is 9.89 Å². The second kappa shape index (κ2) is 3.66. The number of nitrogens with zero attached hydrogens (tertiary/aromatic N) is 1. The summed E-state index contributed by atoms with van der Waals surface area (Å²) in [7, 11) is 0. The maximum atomic E-state index is 3.57. The van der Waals surface area contributed by atoms with Crippen LogP contribution in [0.5, 0.6) is 0 Å². The number of hydrogen-bond donors (Lipinski definition) is 1. The van der Waals surface area contributed by atoms with Crippen LogP contribution >= 0.6 is 0 Å². The van der Waals surface area contributed by atoms with Crippen molar-refractivity contribution in [3.8, 4) is 0 Å². The first kappa shape index (κ1) is 12.3. The van der Waals surface area contributed by atoms with Crippen LogP contribution in [0.1, 0.15) is 48.5 Å². The minimum Gasteiger partial charge on any atom is -0.270 e. The Hall–Kier alpha value is -0.790. The maximum absolute atomic E-state index is 3.57. The van der Waals surface area contributed by atoms with Crippen molar-refractivity contribution in [3.05, 3.63) is 11.6 Å². The minimum absolute atomic E-state index is 0.125. The van der Waals surface area contributed by atoms with Gasteiger partial charge in [0.05, 0.1) is 11.1 Å². The van der Waals surface area contributed by atoms with Gasteiger partial charge in [-0.25, -0.2) is 0 Å². The summed E-state index contributed by atoms with van der Waals surface area (Å²) >= 11 is 0. The second-order valence-electron chi connectivity index (χ2n) is 6.51. The summed E-state index contributed by atoms with van der Waals surface area (Å²) in [6.45, 7) is 16.6. The lowest BCUT2D eigenvalue weighted by atomic mass is 10.1. The van der Waals surface area contributed by atoms with E-state index in [1.165, 1.54) is 11.4 Å². The zero-order valence-electron chi connectivity index (χ0n) is 11.2. The van der Waals surface area contributed by atoms with Gasteiger partial charge < -0.3 is 0 Å². The van der Waals surface area contributed by atoms with E-state index in [2.05, 4.69) is 64.4 Å². The molecule has 0 saturated carbocycles. The molecule has 0 aromatic carbocycles. The fourth-order valence-electron chi connectivity index (χ4n) is 1.78. The van der Waals surface area contributed by atoms with Crippen molar-refractivity contribution >= 4 is 5.84 Å². The van der Waals surface area contributed by atoms with Crippen molar-refractivity contribution in [2.24, 2.45) is 0 Å². The molecule has 0 saturated heterocycles. The average molecular weight is 209 g/mol. The summed E-state index contributed by atoms with van der Waals surface area (Å²) in [6.07, 6.45) is 2.26. The first-order valence-electron chi connectivity index (χ1n) is 5.69. The number of amidine groups is 1. The average Bonchev–Trinajstić information content (AvgIpc) is 2.25. The second-order valence-corrected chi connectivity index (χ2v) is 6.51. The van der Waals surface area contributed by atoms with E-state index in [4.69, 9.17) is 0 Å². The highest BCUT2D eigenvalue weighted by molar-refractivity contribution is 5.91. The predicted octanol–water partition coefficient (Wildman–Crippen LogP) is 2.54. The molecule has 2 heteroatoms. The van der Waals surface area contributed by atoms with Crippen LogP contribution in [-0.2, 0) is 0 Å². The molecule has 1 aliphatic heterocycles. The molecule has 0 fully saturated rings. The molecule has 1 aliphatic rings. The zero-order chi connectivity index (χ0) is 11.9. The SMILES string of the molecule is CC1=CC(NC(C)(C)C)=[N+](C(C)(C)C)C1. The molecule has 0 radical (unpaired) electrons. The molecule has 1 heterocycles. The molecule has 1 N–H and O–H groups in total. The van der Waals surface area contributed by atoms with Crippen molar-refractivity contribution in [1.82, 2.24) is 5.32 Å². The van der Waals surface area contributed by atoms with E-state index in [1.54, 1.807) is 0 Å². The summed E-state index contributed by atoms with van der Waals surface area (Å²) in [5, 5.41) is 3.57. The lowest BCUT2D eigenvalue weighted by Crippen LogP contribution is -2.47. The third-order valence-corrected chi connectivity index (χ3v) is 2.39. The smallest absolute Gasteiger partial charge is 0.270 e. The fourth-order valence-corrected chi connectivity index (χ4v) is 1.78. The van der Waals surface area contributed by atoms with Crippen molar-refractivity contribution in [1.29, 1.82) is 0 Å². The van der Waals surface area contributed by atoms with Gasteiger partial charge in [0.25, 0.3) is 5.84 Å². The molecule has 86 valence electrons. The number of nitrogens with one attached hydrogen (secondary N) is 1. The Kier molecular flexibility index (Phi) is 2.99. The molecule has 2 nitrogen and oxygen atoms in total. The van der Waals surface area contributed by atoms with Gasteiger partial charge in [0.1, 0.15) is 6.54 Å². The normalized spacial score (nSPS) is 18.2. The Morgan fingerprint density at radius 2 is 1.67 bits per heavy atom. The molecule has 0 aliphatic carbocycles. The van der Waals surface area contributed by atoms with E-state index in [-0.39, 0.29) is 11.1 Å². The van der Waals surface area contributed by atoms with E-state index in [1.807, 2.05) is 0 Å². The van der Waals surface area contributed by atoms with Crippen LogP contribution in [0.4, 0.5) is 0 Å². The summed E-state index contributed by atoms with van der Waals surface area (Å²) < 4.78 is 2.42. The van der Waals surface area contributed by atoms with Crippen LogP contribution in [0.3, 0.4) is 0 Å². The largest absolute Gasteiger partial charge is 0.270 e. The number of rotatable bonds is 0. The molecule has 0 bridgehead atoms. The molecule has 1 rings (SSSR count). The first-order valence-corrected chi connectivity index (χ1v) is 5.69. The van der Waals surface area contributed by atoms with Crippen LogP contribution in [0.25, 0.3) is 0 Å². The van der Waals surface area contributed by atoms with Crippen LogP contribution in [0.2, 0.25) is 0 Å². The highest BCUT2D eigenvalue weighted by Crippen LogP contribution is 2.16. The van der Waals surface area contributed by atoms with Crippen LogP contribution in [0, 0.1) is 0 Å². The Morgan fingerprint density at radius 3 is 2.07 bits per heavy atom. The van der Waals surface area contributed by atoms with E-state index in [0.717, 1.165) is 6.54 Å². The Labute approximate surface area is 94.1 Å². The van der Waals surface area contributed by atoms with Crippen LogP contribution in [0.15, 0.2) is 11.6 Å². The van der Waals surface area contributed by atoms with E-state index in [0.29, 0.717) is 0 Å². The Bertz CT molecular complexity index is 308. The standard InChI is InChI=1S/C13H24N2/c1-10-8-11(14-12(2,3)4)15(9-10)13(5,6)7/h8H,9H2,1-7H3/p+1. The monoisotopic (exact) mass is 209 g/mol. The topological polar surface area (TPSA) is 15.0 Å². The molecule has 0 atom stereocenters. The van der Waals surface area contributed by atoms with Gasteiger partial charge in [0.15, 0.2) is 0 Å². The molecule has 0 aromatic heterocycles. The van der Waals surface area contributed by atoms with Crippen LogP contribution in [-0.4, -0.2) is 28.0 Å². The highest BCUT2D eigenvalue weighted by Gasteiger charge is 2.31. The van der Waals surface area contributed by atoms with Gasteiger partial charge in [-0.1, -0.05) is 0 Å². The predicted molar refractivity (Wildman–Crippen MR) is 66.5 cm³/mol. The van der Waals surface area contributed by atoms with Gasteiger partial charge in [0, 0.05) is 6.08 Å². The van der Waals surface area contributed by atoms with Gasteiger partial charge in [0.2, 0.25) is 0 Å². The van der Waals surface area contributed by atoms with Gasteiger partial charge >= 0.3 is 0 Å². The molecule has 15 heavy (non-hydrogen) atoms. The molecule has 0 unspecified atom stereocenters. The maximum Gasteiger partial charge on any atom is 0.270 e. The van der Waals surface area contributed by atoms with Crippen LogP contribution < -0.4 is 5.32 Å². The van der Waals surface area contributed by atoms with Crippen molar-refractivity contribution in [2.45, 2.75) is 59.5 Å². The molecular weight excluding hydrogens is 184 g/mol. The van der Waals surface area contributed by atoms with Crippen molar-refractivity contribution in [3.63, 3.8) is 0 Å². The van der Waals surface area contributed by atoms with E-state index < -0.39 is 0 Å². The van der Waals surface area contributed by atoms with Crippen molar-refractivity contribution < 1.29 is 4.58 Å². The van der Waals surface area contributed by atoms with Gasteiger partial charge in [-0.05, 0) is 54.0 Å². The first-order chi connectivity index (χ1) is 6.59. The molecule has 0 amide bonds. The van der Waals surface area contributed by atoms with Crippen molar-refractivity contribution in [2.75, 3.05) is 6.54 Å². The quantitative estimate of drug-likeness (QED) is 0.606. The van der Waals surface area contributed by atoms with Gasteiger partial charge in [-0.2, -0.15) is 0 Å². The minimum atomic E-state index is 0.125. The highest BCUT2D eigenvalue weighted by atomic mass is 15.2. The third-order valence-electron chi connectivity index (χ3n) is 2.39. The molecular formula is C13H25N2+. The summed E-state index contributed by atoms with van der Waals surface area (Å²) in [5.41, 5.74) is 1.73. The summed E-state index contributed by atoms with van der Waals surface area (Å²) in [4.78, 5) is 0. The summed E-state index contributed by atoms with van der Waals surface area (Å²) in [6, 6.07) is 0. The zero-order valence-corrected chi connectivity index (χ0v) is 11.2. The lowest BCUT2D eigenvalue weighted by Gasteiger charge is -2.24. The lowest BCUT2D eigenvalue weighted by molar-refractivity contribution is -0.588. The molecule has 0 spiro atoms. The van der Waals surface area contributed by atoms with E-state index in [9.17, 15) is 0 Å². The summed E-state index contributed by atoms with van der Waals surface area (Å²) in [5.74, 6) is 1.26. The third kappa shape index (κ3) is 3.37. The fraction of sp³-hybridized carbons (Fsp3) is 0.769. The number of hydrogen-bond acceptors (Lipinski definition) is 1. The van der Waals surface area contributed by atoms with Gasteiger partial charge in [-0.15, -0.1) is 0 Å².